The molecule has 1 saturated heterocycles. The highest BCUT2D eigenvalue weighted by Gasteiger charge is 2.57. The van der Waals surface area contributed by atoms with Crippen molar-refractivity contribution in [3.63, 3.8) is 0 Å². The minimum atomic E-state index is -0.927. The highest BCUT2D eigenvalue weighted by atomic mass is 32.2. The Kier molecular flexibility index (Phi) is 4.06. The normalized spacial score (nSPS) is 23.3. The Morgan fingerprint density at radius 1 is 1.43 bits per heavy atom. The van der Waals surface area contributed by atoms with Crippen LogP contribution in [-0.4, -0.2) is 34.3 Å². The SMILES string of the molecule is CC(CNC(=O)C12CCC(=O)N1c1ccccc1S2)CC(=O)O. The third kappa shape index (κ3) is 2.69. The Hall–Kier alpha value is -2.02. The zero-order chi connectivity index (χ0) is 16.6. The Morgan fingerprint density at radius 3 is 2.91 bits per heavy atom. The molecule has 23 heavy (non-hydrogen) atoms. The first-order valence-corrected chi connectivity index (χ1v) is 8.37. The van der Waals surface area contributed by atoms with E-state index in [0.29, 0.717) is 12.8 Å². The molecule has 1 aromatic rings. The second-order valence-electron chi connectivity index (χ2n) is 6.00. The number of carbonyl (C=O) groups excluding carboxylic acids is 2. The summed E-state index contributed by atoms with van der Waals surface area (Å²) in [6, 6.07) is 7.51. The molecule has 122 valence electrons. The minimum Gasteiger partial charge on any atom is -0.481 e. The smallest absolute Gasteiger partial charge is 0.303 e. The van der Waals surface area contributed by atoms with E-state index in [1.54, 1.807) is 11.8 Å². The molecule has 0 aliphatic carbocycles. The van der Waals surface area contributed by atoms with Crippen LogP contribution in [0.15, 0.2) is 29.2 Å². The van der Waals surface area contributed by atoms with Crippen LogP contribution in [0.5, 0.6) is 0 Å². The Labute approximate surface area is 138 Å². The number of hydrogen-bond donors (Lipinski definition) is 2. The molecule has 2 aliphatic rings. The minimum absolute atomic E-state index is 0.00327. The van der Waals surface area contributed by atoms with Gasteiger partial charge in [-0.2, -0.15) is 0 Å². The predicted octanol–water partition coefficient (Wildman–Crippen LogP) is 1.84. The van der Waals surface area contributed by atoms with Crippen LogP contribution < -0.4 is 10.2 Å². The third-order valence-electron chi connectivity index (χ3n) is 4.16. The van der Waals surface area contributed by atoms with Crippen LogP contribution in [0.4, 0.5) is 5.69 Å². The van der Waals surface area contributed by atoms with Gasteiger partial charge in [-0.25, -0.2) is 0 Å². The first-order valence-electron chi connectivity index (χ1n) is 7.55. The predicted molar refractivity (Wildman–Crippen MR) is 86.2 cm³/mol. The van der Waals surface area contributed by atoms with E-state index < -0.39 is 10.8 Å². The standard InChI is InChI=1S/C16H18N2O4S/c1-10(8-14(20)21)9-17-15(22)16-7-6-13(19)18(16)11-4-2-3-5-12(11)23-16/h2-5,10H,6-9H2,1H3,(H,17,22)(H,20,21). The van der Waals surface area contributed by atoms with Gasteiger partial charge in [-0.1, -0.05) is 30.8 Å². The topological polar surface area (TPSA) is 86.7 Å². The first-order chi connectivity index (χ1) is 10.9. The van der Waals surface area contributed by atoms with Gasteiger partial charge >= 0.3 is 5.97 Å². The largest absolute Gasteiger partial charge is 0.481 e. The van der Waals surface area contributed by atoms with Crippen molar-refractivity contribution in [3.05, 3.63) is 24.3 Å². The number of nitrogens with one attached hydrogen (secondary N) is 1. The molecule has 1 fully saturated rings. The molecule has 0 aromatic heterocycles. The van der Waals surface area contributed by atoms with Gasteiger partial charge in [0.2, 0.25) is 5.91 Å². The zero-order valence-electron chi connectivity index (χ0n) is 12.7. The lowest BCUT2D eigenvalue weighted by Gasteiger charge is -2.30. The summed E-state index contributed by atoms with van der Waals surface area (Å²) in [7, 11) is 0. The van der Waals surface area contributed by atoms with Crippen molar-refractivity contribution in [1.82, 2.24) is 5.32 Å². The Morgan fingerprint density at radius 2 is 2.17 bits per heavy atom. The summed E-state index contributed by atoms with van der Waals surface area (Å²) in [4.78, 5) is 37.4. The summed E-state index contributed by atoms with van der Waals surface area (Å²) in [5.74, 6) is -1.31. The van der Waals surface area contributed by atoms with Crippen LogP contribution >= 0.6 is 11.8 Å². The number of carboxylic acid groups (broad SMARTS) is 1. The number of anilines is 1. The molecular weight excluding hydrogens is 316 g/mol. The number of carboxylic acids is 1. The first kappa shape index (κ1) is 15.9. The zero-order valence-corrected chi connectivity index (χ0v) is 13.6. The number of hydrogen-bond acceptors (Lipinski definition) is 4. The molecule has 2 heterocycles. The number of carbonyl (C=O) groups is 3. The summed E-state index contributed by atoms with van der Waals surface area (Å²) in [6.07, 6.45) is 0.813. The van der Waals surface area contributed by atoms with Crippen LogP contribution in [0.3, 0.4) is 0 Å². The van der Waals surface area contributed by atoms with Gasteiger partial charge in [0, 0.05) is 24.3 Å². The molecule has 0 saturated carbocycles. The molecular formula is C16H18N2O4S. The molecule has 2 N–H and O–H groups in total. The number of thioether (sulfide) groups is 1. The Balaban J connectivity index is 1.77. The average Bonchev–Trinajstić information content (AvgIpc) is 3.00. The van der Waals surface area contributed by atoms with Crippen molar-refractivity contribution in [2.24, 2.45) is 5.92 Å². The molecule has 7 heteroatoms. The fraction of sp³-hybridized carbons (Fsp3) is 0.438. The van der Waals surface area contributed by atoms with Crippen molar-refractivity contribution < 1.29 is 19.5 Å². The highest BCUT2D eigenvalue weighted by molar-refractivity contribution is 8.02. The van der Waals surface area contributed by atoms with E-state index >= 15 is 0 Å². The average molecular weight is 334 g/mol. The van der Waals surface area contributed by atoms with Crippen LogP contribution in [0, 0.1) is 5.92 Å². The molecule has 1 aromatic carbocycles. The second kappa shape index (κ2) is 5.88. The molecule has 2 unspecified atom stereocenters. The molecule has 6 nitrogen and oxygen atoms in total. The van der Waals surface area contributed by atoms with Crippen LogP contribution in [-0.2, 0) is 14.4 Å². The number of nitrogens with zero attached hydrogens (tertiary/aromatic N) is 1. The van der Waals surface area contributed by atoms with E-state index in [9.17, 15) is 14.4 Å². The molecule has 0 spiro atoms. The monoisotopic (exact) mass is 334 g/mol. The van der Waals surface area contributed by atoms with E-state index in [2.05, 4.69) is 5.32 Å². The lowest BCUT2D eigenvalue weighted by molar-refractivity contribution is -0.138. The van der Waals surface area contributed by atoms with Crippen LogP contribution in [0.2, 0.25) is 0 Å². The number of fused-ring (bicyclic) bond motifs is 3. The fourth-order valence-electron chi connectivity index (χ4n) is 3.07. The van der Waals surface area contributed by atoms with E-state index in [0.717, 1.165) is 10.6 Å². The fourth-order valence-corrected chi connectivity index (χ4v) is 4.51. The molecule has 2 atom stereocenters. The number of amides is 2. The number of rotatable bonds is 5. The maximum Gasteiger partial charge on any atom is 0.303 e. The van der Waals surface area contributed by atoms with Crippen molar-refractivity contribution in [2.75, 3.05) is 11.4 Å². The van der Waals surface area contributed by atoms with Crippen molar-refractivity contribution in [3.8, 4) is 0 Å². The Bertz CT molecular complexity index is 678. The molecule has 0 bridgehead atoms. The summed E-state index contributed by atoms with van der Waals surface area (Å²) in [5, 5.41) is 11.6. The summed E-state index contributed by atoms with van der Waals surface area (Å²) in [6.45, 7) is 2.06. The molecule has 2 aliphatic heterocycles. The van der Waals surface area contributed by atoms with Gasteiger partial charge in [0.1, 0.15) is 0 Å². The lowest BCUT2D eigenvalue weighted by Crippen LogP contribution is -2.53. The third-order valence-corrected chi connectivity index (χ3v) is 5.64. The van der Waals surface area contributed by atoms with Crippen molar-refractivity contribution in [2.45, 2.75) is 36.0 Å². The summed E-state index contributed by atoms with van der Waals surface area (Å²) < 4.78 is 0. The molecule has 2 amide bonds. The lowest BCUT2D eigenvalue weighted by atomic mass is 10.1. The van der Waals surface area contributed by atoms with Gasteiger partial charge in [-0.3, -0.25) is 19.3 Å². The highest BCUT2D eigenvalue weighted by Crippen LogP contribution is 2.55. The van der Waals surface area contributed by atoms with E-state index in [-0.39, 0.29) is 30.7 Å². The van der Waals surface area contributed by atoms with Gasteiger partial charge in [0.25, 0.3) is 5.91 Å². The maximum absolute atomic E-state index is 12.8. The maximum atomic E-state index is 12.8. The van der Waals surface area contributed by atoms with Crippen molar-refractivity contribution >= 4 is 35.2 Å². The van der Waals surface area contributed by atoms with Gasteiger partial charge in [0.05, 0.1) is 5.69 Å². The summed E-state index contributed by atoms with van der Waals surface area (Å²) in [5.41, 5.74) is 0.786. The van der Waals surface area contributed by atoms with Crippen LogP contribution in [0.25, 0.3) is 0 Å². The number of aliphatic carboxylic acids is 1. The molecule has 3 rings (SSSR count). The molecule has 0 radical (unpaired) electrons. The van der Waals surface area contributed by atoms with Gasteiger partial charge < -0.3 is 10.4 Å². The number of para-hydroxylation sites is 1. The van der Waals surface area contributed by atoms with Gasteiger partial charge in [-0.15, -0.1) is 0 Å². The van der Waals surface area contributed by atoms with E-state index in [1.165, 1.54) is 11.8 Å². The van der Waals surface area contributed by atoms with E-state index in [1.807, 2.05) is 24.3 Å². The van der Waals surface area contributed by atoms with Crippen molar-refractivity contribution in [1.29, 1.82) is 0 Å². The quantitative estimate of drug-likeness (QED) is 0.858. The summed E-state index contributed by atoms with van der Waals surface area (Å²) >= 11 is 1.41. The van der Waals surface area contributed by atoms with Gasteiger partial charge in [0.15, 0.2) is 4.87 Å². The second-order valence-corrected chi connectivity index (χ2v) is 7.32. The van der Waals surface area contributed by atoms with Crippen LogP contribution in [0.1, 0.15) is 26.2 Å². The van der Waals surface area contributed by atoms with Gasteiger partial charge in [-0.05, 0) is 24.5 Å². The number of benzene rings is 1. The van der Waals surface area contributed by atoms with E-state index in [4.69, 9.17) is 5.11 Å².